The van der Waals surface area contributed by atoms with Crippen molar-refractivity contribution < 1.29 is 4.79 Å². The van der Waals surface area contributed by atoms with Crippen LogP contribution >= 0.6 is 0 Å². The molecule has 0 bridgehead atoms. The van der Waals surface area contributed by atoms with Crippen molar-refractivity contribution in [2.75, 3.05) is 0 Å². The zero-order valence-electron chi connectivity index (χ0n) is 16.3. The Hall–Kier alpha value is -3.03. The number of aryl methyl sites for hydroxylation is 1. The molecule has 5 rings (SSSR count). The third kappa shape index (κ3) is 3.79. The second-order valence-corrected chi connectivity index (χ2v) is 8.05. The van der Waals surface area contributed by atoms with Crippen molar-refractivity contribution in [2.45, 2.75) is 57.2 Å². The van der Waals surface area contributed by atoms with Crippen molar-refractivity contribution in [1.29, 1.82) is 0 Å². The van der Waals surface area contributed by atoms with Crippen molar-refractivity contribution >= 4 is 5.91 Å². The fourth-order valence-electron chi connectivity index (χ4n) is 4.51. The Balaban J connectivity index is 1.14. The standard InChI is InChI=1S/C21H25N7O/c29-21(15-6-10-27-19(11-15)5-7-24-27)26-17-1-3-18(4-2-17)28-14-16(12-25-28)20-13-22-8-9-23-20/h5,7-9,12-15,17-18H,1-4,6,10-11H2,(H,26,29). The minimum absolute atomic E-state index is 0.0672. The van der Waals surface area contributed by atoms with Gasteiger partial charge in [0, 0.05) is 61.0 Å². The van der Waals surface area contributed by atoms with Crippen LogP contribution in [0.1, 0.15) is 43.8 Å². The molecule has 8 heteroatoms. The van der Waals surface area contributed by atoms with Gasteiger partial charge in [0.1, 0.15) is 0 Å². The van der Waals surface area contributed by atoms with Crippen molar-refractivity contribution in [2.24, 2.45) is 5.92 Å². The molecule has 0 spiro atoms. The highest BCUT2D eigenvalue weighted by Crippen LogP contribution is 2.30. The minimum atomic E-state index is 0.0672. The third-order valence-electron chi connectivity index (χ3n) is 6.20. The van der Waals surface area contributed by atoms with Crippen LogP contribution in [0.15, 0.2) is 43.2 Å². The molecule has 2 aliphatic rings. The minimum Gasteiger partial charge on any atom is -0.353 e. The molecule has 150 valence electrons. The van der Waals surface area contributed by atoms with Crippen LogP contribution in [0.4, 0.5) is 0 Å². The van der Waals surface area contributed by atoms with Crippen LogP contribution in [-0.2, 0) is 17.8 Å². The molecule has 1 aliphatic heterocycles. The second-order valence-electron chi connectivity index (χ2n) is 8.05. The summed E-state index contributed by atoms with van der Waals surface area (Å²) in [5, 5.41) is 12.1. The number of rotatable bonds is 4. The number of fused-ring (bicyclic) bond motifs is 1. The van der Waals surface area contributed by atoms with Crippen LogP contribution in [0.25, 0.3) is 11.3 Å². The Bertz CT molecular complexity index is 972. The van der Waals surface area contributed by atoms with E-state index in [1.54, 1.807) is 18.6 Å². The van der Waals surface area contributed by atoms with E-state index in [-0.39, 0.29) is 17.9 Å². The Labute approximate surface area is 169 Å². The average molecular weight is 391 g/mol. The molecule has 0 aromatic carbocycles. The first kappa shape index (κ1) is 18.0. The maximum absolute atomic E-state index is 12.7. The summed E-state index contributed by atoms with van der Waals surface area (Å²) >= 11 is 0. The van der Waals surface area contributed by atoms with Crippen LogP contribution < -0.4 is 5.32 Å². The van der Waals surface area contributed by atoms with Crippen LogP contribution in [0, 0.1) is 5.92 Å². The molecule has 4 heterocycles. The summed E-state index contributed by atoms with van der Waals surface area (Å²) in [7, 11) is 0. The highest BCUT2D eigenvalue weighted by Gasteiger charge is 2.29. The van der Waals surface area contributed by atoms with Crippen LogP contribution in [-0.4, -0.2) is 41.5 Å². The summed E-state index contributed by atoms with van der Waals surface area (Å²) in [6, 6.07) is 2.66. The van der Waals surface area contributed by atoms with Crippen molar-refractivity contribution in [3.63, 3.8) is 0 Å². The summed E-state index contributed by atoms with van der Waals surface area (Å²) in [6.07, 6.45) is 16.5. The lowest BCUT2D eigenvalue weighted by molar-refractivity contribution is -0.126. The number of nitrogens with zero attached hydrogens (tertiary/aromatic N) is 6. The Kier molecular flexibility index (Phi) is 4.83. The number of nitrogens with one attached hydrogen (secondary N) is 1. The lowest BCUT2D eigenvalue weighted by Crippen LogP contribution is -2.43. The van der Waals surface area contributed by atoms with Gasteiger partial charge in [0.2, 0.25) is 5.91 Å². The van der Waals surface area contributed by atoms with E-state index < -0.39 is 0 Å². The molecule has 3 aromatic heterocycles. The highest BCUT2D eigenvalue weighted by atomic mass is 16.1. The smallest absolute Gasteiger partial charge is 0.223 e. The van der Waals surface area contributed by atoms with Gasteiger partial charge in [-0.15, -0.1) is 0 Å². The largest absolute Gasteiger partial charge is 0.353 e. The lowest BCUT2D eigenvalue weighted by Gasteiger charge is -2.31. The van der Waals surface area contributed by atoms with Gasteiger partial charge in [0.05, 0.1) is 24.1 Å². The molecular formula is C21H25N7O. The first-order chi connectivity index (χ1) is 14.3. The molecule has 29 heavy (non-hydrogen) atoms. The van der Waals surface area contributed by atoms with E-state index in [1.807, 2.05) is 27.8 Å². The van der Waals surface area contributed by atoms with E-state index in [2.05, 4.69) is 31.7 Å². The van der Waals surface area contributed by atoms with E-state index in [9.17, 15) is 4.79 Å². The molecule has 0 saturated heterocycles. The molecule has 8 nitrogen and oxygen atoms in total. The molecule has 1 unspecified atom stereocenters. The van der Waals surface area contributed by atoms with Crippen molar-refractivity contribution in [1.82, 2.24) is 34.8 Å². The monoisotopic (exact) mass is 391 g/mol. The molecule has 1 N–H and O–H groups in total. The normalized spacial score (nSPS) is 24.1. The van der Waals surface area contributed by atoms with Gasteiger partial charge in [0.25, 0.3) is 0 Å². The topological polar surface area (TPSA) is 90.5 Å². The Morgan fingerprint density at radius 1 is 1.03 bits per heavy atom. The average Bonchev–Trinajstić information content (AvgIpc) is 3.44. The number of carbonyl (C=O) groups is 1. The van der Waals surface area contributed by atoms with Crippen LogP contribution in [0.2, 0.25) is 0 Å². The van der Waals surface area contributed by atoms with Crippen molar-refractivity contribution in [3.8, 4) is 11.3 Å². The molecular weight excluding hydrogens is 366 g/mol. The zero-order chi connectivity index (χ0) is 19.6. The Morgan fingerprint density at radius 3 is 2.76 bits per heavy atom. The number of hydrogen-bond acceptors (Lipinski definition) is 5. The maximum Gasteiger partial charge on any atom is 0.223 e. The number of amides is 1. The third-order valence-corrected chi connectivity index (χ3v) is 6.20. The van der Waals surface area contributed by atoms with Gasteiger partial charge in [0.15, 0.2) is 0 Å². The van der Waals surface area contributed by atoms with Gasteiger partial charge in [-0.3, -0.25) is 24.1 Å². The summed E-state index contributed by atoms with van der Waals surface area (Å²) in [5.74, 6) is 0.266. The summed E-state index contributed by atoms with van der Waals surface area (Å²) in [4.78, 5) is 21.2. The van der Waals surface area contributed by atoms with E-state index in [4.69, 9.17) is 0 Å². The van der Waals surface area contributed by atoms with Gasteiger partial charge < -0.3 is 5.32 Å². The first-order valence-corrected chi connectivity index (χ1v) is 10.4. The van der Waals surface area contributed by atoms with Gasteiger partial charge >= 0.3 is 0 Å². The molecule has 0 radical (unpaired) electrons. The van der Waals surface area contributed by atoms with E-state index in [0.29, 0.717) is 6.04 Å². The number of aromatic nitrogens is 6. The van der Waals surface area contributed by atoms with Crippen LogP contribution in [0.5, 0.6) is 0 Å². The summed E-state index contributed by atoms with van der Waals surface area (Å²) in [5.41, 5.74) is 3.00. The molecule has 1 atom stereocenters. The molecule has 1 amide bonds. The number of carbonyl (C=O) groups excluding carboxylic acids is 1. The van der Waals surface area contributed by atoms with Crippen molar-refractivity contribution in [3.05, 3.63) is 48.9 Å². The van der Waals surface area contributed by atoms with Gasteiger partial charge in [-0.05, 0) is 38.2 Å². The SMILES string of the molecule is O=C(NC1CCC(n2cc(-c3cnccn3)cn2)CC1)C1CCn2nccc2C1. The summed E-state index contributed by atoms with van der Waals surface area (Å²) < 4.78 is 4.05. The van der Waals surface area contributed by atoms with Gasteiger partial charge in [-0.2, -0.15) is 10.2 Å². The Morgan fingerprint density at radius 2 is 1.93 bits per heavy atom. The number of hydrogen-bond donors (Lipinski definition) is 1. The second kappa shape index (κ2) is 7.77. The maximum atomic E-state index is 12.7. The highest BCUT2D eigenvalue weighted by molar-refractivity contribution is 5.79. The van der Waals surface area contributed by atoms with Crippen LogP contribution in [0.3, 0.4) is 0 Å². The predicted octanol–water partition coefficient (Wildman–Crippen LogP) is 2.40. The summed E-state index contributed by atoms with van der Waals surface area (Å²) in [6.45, 7) is 0.834. The molecule has 1 fully saturated rings. The molecule has 1 saturated carbocycles. The van der Waals surface area contributed by atoms with E-state index >= 15 is 0 Å². The van der Waals surface area contributed by atoms with E-state index in [0.717, 1.165) is 62.0 Å². The van der Waals surface area contributed by atoms with E-state index in [1.165, 1.54) is 0 Å². The lowest BCUT2D eigenvalue weighted by atomic mass is 9.89. The molecule has 1 aliphatic carbocycles. The zero-order valence-corrected chi connectivity index (χ0v) is 16.3. The predicted molar refractivity (Wildman–Crippen MR) is 107 cm³/mol. The molecule has 3 aromatic rings. The fourth-order valence-corrected chi connectivity index (χ4v) is 4.51. The quantitative estimate of drug-likeness (QED) is 0.737. The first-order valence-electron chi connectivity index (χ1n) is 10.4. The van der Waals surface area contributed by atoms with Gasteiger partial charge in [-0.1, -0.05) is 0 Å². The van der Waals surface area contributed by atoms with Gasteiger partial charge in [-0.25, -0.2) is 0 Å². The fraction of sp³-hybridized carbons (Fsp3) is 0.476.